The Labute approximate surface area is 89.9 Å². The average molecular weight is 257 g/mol. The highest BCUT2D eigenvalue weighted by molar-refractivity contribution is 9.10. The van der Waals surface area contributed by atoms with Crippen LogP contribution in [0.5, 0.6) is 0 Å². The van der Waals surface area contributed by atoms with Crippen molar-refractivity contribution in [2.24, 2.45) is 0 Å². The number of hydrogen-bond acceptors (Lipinski definition) is 2. The zero-order valence-electron chi connectivity index (χ0n) is 7.58. The highest BCUT2D eigenvalue weighted by atomic mass is 79.9. The van der Waals surface area contributed by atoms with Crippen LogP contribution in [0.25, 0.3) is 0 Å². The third-order valence-corrected chi connectivity index (χ3v) is 2.39. The van der Waals surface area contributed by atoms with E-state index in [4.69, 9.17) is 5.11 Å². The predicted octanol–water partition coefficient (Wildman–Crippen LogP) is 1.95. The number of aryl methyl sites for hydroxylation is 1. The molecule has 0 aliphatic carbocycles. The topological polar surface area (TPSA) is 54.4 Å². The maximum absolute atomic E-state index is 10.9. The molecule has 0 saturated heterocycles. The van der Waals surface area contributed by atoms with Crippen LogP contribution in [0.1, 0.15) is 11.1 Å². The van der Waals surface area contributed by atoms with Gasteiger partial charge in [0.1, 0.15) is 0 Å². The van der Waals surface area contributed by atoms with E-state index in [0.717, 1.165) is 15.6 Å². The minimum atomic E-state index is -1.38. The lowest BCUT2D eigenvalue weighted by Crippen LogP contribution is -2.15. The number of ketones is 1. The van der Waals surface area contributed by atoms with E-state index in [0.29, 0.717) is 0 Å². The van der Waals surface area contributed by atoms with Gasteiger partial charge in [0, 0.05) is 10.9 Å². The molecule has 0 atom stereocenters. The molecular formula is C10H9BrO3. The maximum Gasteiger partial charge on any atom is 0.372 e. The van der Waals surface area contributed by atoms with Gasteiger partial charge in [-0.25, -0.2) is 4.79 Å². The Bertz CT molecular complexity index is 385. The highest BCUT2D eigenvalue weighted by Crippen LogP contribution is 2.16. The van der Waals surface area contributed by atoms with Crippen LogP contribution >= 0.6 is 15.9 Å². The molecule has 0 amide bonds. The van der Waals surface area contributed by atoms with Gasteiger partial charge in [0.05, 0.1) is 0 Å². The molecule has 0 saturated carbocycles. The summed E-state index contributed by atoms with van der Waals surface area (Å²) in [7, 11) is 0. The van der Waals surface area contributed by atoms with E-state index in [-0.39, 0.29) is 6.42 Å². The summed E-state index contributed by atoms with van der Waals surface area (Å²) in [6.45, 7) is 1.84. The average Bonchev–Trinajstić information content (AvgIpc) is 2.09. The van der Waals surface area contributed by atoms with Gasteiger partial charge in [0.15, 0.2) is 0 Å². The molecule has 0 bridgehead atoms. The number of benzene rings is 1. The molecule has 14 heavy (non-hydrogen) atoms. The fraction of sp³-hybridized carbons (Fsp3) is 0.200. The van der Waals surface area contributed by atoms with Crippen molar-refractivity contribution < 1.29 is 14.7 Å². The van der Waals surface area contributed by atoms with Crippen LogP contribution in [0.15, 0.2) is 22.7 Å². The van der Waals surface area contributed by atoms with Crippen LogP contribution in [-0.4, -0.2) is 16.9 Å². The second-order valence-electron chi connectivity index (χ2n) is 2.98. The summed E-state index contributed by atoms with van der Waals surface area (Å²) < 4.78 is 0.918. The van der Waals surface area contributed by atoms with Crippen LogP contribution in [0.2, 0.25) is 0 Å². The molecule has 1 rings (SSSR count). The third-order valence-electron chi connectivity index (χ3n) is 1.89. The van der Waals surface area contributed by atoms with E-state index < -0.39 is 11.8 Å². The fourth-order valence-electron chi connectivity index (χ4n) is 1.11. The number of carbonyl (C=O) groups is 2. The van der Waals surface area contributed by atoms with Gasteiger partial charge in [-0.3, -0.25) is 4.79 Å². The number of rotatable bonds is 3. The fourth-order valence-corrected chi connectivity index (χ4v) is 1.58. The summed E-state index contributed by atoms with van der Waals surface area (Å²) in [6.07, 6.45) is -0.0472. The molecule has 0 aliphatic heterocycles. The first-order valence-electron chi connectivity index (χ1n) is 4.02. The lowest BCUT2D eigenvalue weighted by atomic mass is 10.0. The Kier molecular flexibility index (Phi) is 3.41. The second kappa shape index (κ2) is 4.37. The molecule has 3 nitrogen and oxygen atoms in total. The first kappa shape index (κ1) is 10.9. The minimum absolute atomic E-state index is 0.0472. The summed E-state index contributed by atoms with van der Waals surface area (Å²) in [5.41, 5.74) is 1.66. The summed E-state index contributed by atoms with van der Waals surface area (Å²) in [6, 6.07) is 5.39. The number of hydrogen-bond donors (Lipinski definition) is 1. The number of carboxylic acid groups (broad SMARTS) is 1. The Hall–Kier alpha value is -1.16. The van der Waals surface area contributed by atoms with E-state index in [1.165, 1.54) is 0 Å². The normalized spacial score (nSPS) is 9.86. The molecule has 0 unspecified atom stereocenters. The lowest BCUT2D eigenvalue weighted by Gasteiger charge is -2.03. The lowest BCUT2D eigenvalue weighted by molar-refractivity contribution is -0.148. The molecule has 0 heterocycles. The molecular weight excluding hydrogens is 248 g/mol. The molecule has 1 N–H and O–H groups in total. The van der Waals surface area contributed by atoms with Crippen molar-refractivity contribution in [2.45, 2.75) is 13.3 Å². The van der Waals surface area contributed by atoms with Gasteiger partial charge in [0.25, 0.3) is 0 Å². The Balaban J connectivity index is 2.87. The van der Waals surface area contributed by atoms with Crippen molar-refractivity contribution in [2.75, 3.05) is 0 Å². The molecule has 74 valence electrons. The highest BCUT2D eigenvalue weighted by Gasteiger charge is 2.13. The summed E-state index contributed by atoms with van der Waals surface area (Å²) in [5.74, 6) is -2.16. The van der Waals surface area contributed by atoms with Crippen molar-refractivity contribution >= 4 is 27.7 Å². The van der Waals surface area contributed by atoms with Gasteiger partial charge >= 0.3 is 5.97 Å². The van der Waals surface area contributed by atoms with E-state index in [9.17, 15) is 9.59 Å². The van der Waals surface area contributed by atoms with Crippen LogP contribution in [0, 0.1) is 6.92 Å². The van der Waals surface area contributed by atoms with Crippen molar-refractivity contribution in [1.82, 2.24) is 0 Å². The number of carboxylic acids is 1. The van der Waals surface area contributed by atoms with E-state index in [2.05, 4.69) is 15.9 Å². The SMILES string of the molecule is Cc1cc(Br)ccc1CC(=O)C(=O)O. The quantitative estimate of drug-likeness (QED) is 0.842. The maximum atomic E-state index is 10.9. The zero-order chi connectivity index (χ0) is 10.7. The van der Waals surface area contributed by atoms with Crippen molar-refractivity contribution in [3.8, 4) is 0 Å². The van der Waals surface area contributed by atoms with E-state index in [1.807, 2.05) is 13.0 Å². The zero-order valence-corrected chi connectivity index (χ0v) is 9.17. The summed E-state index contributed by atoms with van der Waals surface area (Å²) in [4.78, 5) is 21.3. The first-order chi connectivity index (χ1) is 6.50. The largest absolute Gasteiger partial charge is 0.475 e. The molecule has 0 radical (unpaired) electrons. The molecule has 4 heteroatoms. The molecule has 0 spiro atoms. The van der Waals surface area contributed by atoms with E-state index in [1.54, 1.807) is 12.1 Å². The Morgan fingerprint density at radius 1 is 1.43 bits per heavy atom. The van der Waals surface area contributed by atoms with Gasteiger partial charge in [-0.05, 0) is 30.2 Å². The minimum Gasteiger partial charge on any atom is -0.475 e. The number of halogens is 1. The van der Waals surface area contributed by atoms with Crippen LogP contribution in [0.4, 0.5) is 0 Å². The molecule has 1 aromatic carbocycles. The number of Topliss-reactive ketones (excluding diaryl/α,β-unsaturated/α-hetero) is 1. The van der Waals surface area contributed by atoms with Crippen LogP contribution in [-0.2, 0) is 16.0 Å². The number of carbonyl (C=O) groups excluding carboxylic acids is 1. The van der Waals surface area contributed by atoms with Crippen LogP contribution < -0.4 is 0 Å². The van der Waals surface area contributed by atoms with Crippen molar-refractivity contribution in [1.29, 1.82) is 0 Å². The Morgan fingerprint density at radius 3 is 2.57 bits per heavy atom. The van der Waals surface area contributed by atoms with Gasteiger partial charge in [-0.1, -0.05) is 22.0 Å². The van der Waals surface area contributed by atoms with Crippen molar-refractivity contribution in [3.63, 3.8) is 0 Å². The standard InChI is InChI=1S/C10H9BrO3/c1-6-4-8(11)3-2-7(6)5-9(12)10(13)14/h2-4H,5H2,1H3,(H,13,14). The predicted molar refractivity (Wildman–Crippen MR) is 55.2 cm³/mol. The first-order valence-corrected chi connectivity index (χ1v) is 4.81. The van der Waals surface area contributed by atoms with Gasteiger partial charge in [-0.15, -0.1) is 0 Å². The summed E-state index contributed by atoms with van der Waals surface area (Å²) in [5, 5.41) is 8.43. The molecule has 0 fully saturated rings. The molecule has 0 aliphatic rings. The molecule has 0 aromatic heterocycles. The number of aliphatic carboxylic acids is 1. The van der Waals surface area contributed by atoms with Crippen molar-refractivity contribution in [3.05, 3.63) is 33.8 Å². The third kappa shape index (κ3) is 2.67. The monoisotopic (exact) mass is 256 g/mol. The van der Waals surface area contributed by atoms with Gasteiger partial charge in [0.2, 0.25) is 5.78 Å². The van der Waals surface area contributed by atoms with E-state index >= 15 is 0 Å². The van der Waals surface area contributed by atoms with Crippen LogP contribution in [0.3, 0.4) is 0 Å². The second-order valence-corrected chi connectivity index (χ2v) is 3.89. The van der Waals surface area contributed by atoms with Gasteiger partial charge in [-0.2, -0.15) is 0 Å². The summed E-state index contributed by atoms with van der Waals surface area (Å²) >= 11 is 3.29. The molecule has 1 aromatic rings. The van der Waals surface area contributed by atoms with Gasteiger partial charge < -0.3 is 5.11 Å². The Morgan fingerprint density at radius 2 is 2.07 bits per heavy atom. The smallest absolute Gasteiger partial charge is 0.372 e.